The van der Waals surface area contributed by atoms with Gasteiger partial charge in [-0.1, -0.05) is 34.8 Å². The Morgan fingerprint density at radius 1 is 0.923 bits per heavy atom. The lowest BCUT2D eigenvalue weighted by atomic mass is 10.3. The summed E-state index contributed by atoms with van der Waals surface area (Å²) in [5, 5.41) is 6.71. The summed E-state index contributed by atoms with van der Waals surface area (Å²) in [7, 11) is 1.97. The molecule has 0 N–H and O–H groups in total. The molecule has 0 amide bonds. The first-order valence-corrected chi connectivity index (χ1v) is 10.5. The molecule has 0 atom stereocenters. The van der Waals surface area contributed by atoms with Gasteiger partial charge in [0.25, 0.3) is 0 Å². The first-order chi connectivity index (χ1) is 12.7. The van der Waals surface area contributed by atoms with Crippen LogP contribution in [0.2, 0.25) is 0 Å². The van der Waals surface area contributed by atoms with Crippen LogP contribution in [0.25, 0.3) is 20.6 Å². The van der Waals surface area contributed by atoms with Gasteiger partial charge in [0.1, 0.15) is 0 Å². The molecular formula is C18H20N6S2. The standard InChI is InChI=1S/C18H20N6S2/c1-12-15-16(22(2)21-12)20-18(26-15)24-9-5-8-23(10-11-24)17-19-13-6-3-4-7-14(13)25-17/h3-4,6-7H,5,8-11H2,1-2H3. The molecule has 4 aromatic rings. The van der Waals surface area contributed by atoms with Gasteiger partial charge in [-0.05, 0) is 25.5 Å². The van der Waals surface area contributed by atoms with E-state index in [1.807, 2.05) is 11.7 Å². The van der Waals surface area contributed by atoms with Gasteiger partial charge < -0.3 is 9.80 Å². The largest absolute Gasteiger partial charge is 0.346 e. The number of hydrogen-bond acceptors (Lipinski definition) is 7. The van der Waals surface area contributed by atoms with Crippen molar-refractivity contribution < 1.29 is 0 Å². The van der Waals surface area contributed by atoms with Crippen LogP contribution in [0.3, 0.4) is 0 Å². The minimum atomic E-state index is 0.974. The van der Waals surface area contributed by atoms with Crippen LogP contribution in [0.4, 0.5) is 10.3 Å². The first kappa shape index (κ1) is 16.0. The summed E-state index contributed by atoms with van der Waals surface area (Å²) in [6, 6.07) is 8.38. The minimum absolute atomic E-state index is 0.974. The Bertz CT molecular complexity index is 1010. The van der Waals surface area contributed by atoms with Gasteiger partial charge in [0.05, 0.1) is 20.6 Å². The topological polar surface area (TPSA) is 50.1 Å². The number of aromatic nitrogens is 4. The molecule has 4 heterocycles. The smallest absolute Gasteiger partial charge is 0.188 e. The molecule has 1 aromatic carbocycles. The summed E-state index contributed by atoms with van der Waals surface area (Å²) in [6.45, 7) is 6.09. The second-order valence-electron chi connectivity index (χ2n) is 6.65. The zero-order chi connectivity index (χ0) is 17.7. The van der Waals surface area contributed by atoms with Crippen molar-refractivity contribution in [3.8, 4) is 0 Å². The Morgan fingerprint density at radius 2 is 1.65 bits per heavy atom. The van der Waals surface area contributed by atoms with Crippen LogP contribution in [0.15, 0.2) is 24.3 Å². The number of hydrogen-bond donors (Lipinski definition) is 0. The lowest BCUT2D eigenvalue weighted by molar-refractivity contribution is 0.768. The summed E-state index contributed by atoms with van der Waals surface area (Å²) in [5.41, 5.74) is 3.16. The van der Waals surface area contributed by atoms with Crippen molar-refractivity contribution in [2.75, 3.05) is 36.0 Å². The number of nitrogens with zero attached hydrogens (tertiary/aromatic N) is 6. The quantitative estimate of drug-likeness (QED) is 0.528. The molecule has 134 valence electrons. The van der Waals surface area contributed by atoms with Crippen LogP contribution in [0.1, 0.15) is 12.1 Å². The van der Waals surface area contributed by atoms with E-state index in [9.17, 15) is 0 Å². The van der Waals surface area contributed by atoms with Crippen LogP contribution in [0, 0.1) is 6.92 Å². The normalized spacial score (nSPS) is 15.9. The third-order valence-electron chi connectivity index (χ3n) is 4.85. The number of para-hydroxylation sites is 1. The molecule has 5 rings (SSSR count). The fourth-order valence-corrected chi connectivity index (χ4v) is 5.61. The summed E-state index contributed by atoms with van der Waals surface area (Å²) < 4.78 is 4.35. The highest BCUT2D eigenvalue weighted by Crippen LogP contribution is 2.33. The van der Waals surface area contributed by atoms with E-state index in [1.165, 1.54) is 9.40 Å². The van der Waals surface area contributed by atoms with E-state index in [-0.39, 0.29) is 0 Å². The molecule has 1 saturated heterocycles. The van der Waals surface area contributed by atoms with Crippen LogP contribution in [-0.2, 0) is 7.05 Å². The second-order valence-corrected chi connectivity index (χ2v) is 8.64. The zero-order valence-corrected chi connectivity index (χ0v) is 16.5. The average molecular weight is 385 g/mol. The van der Waals surface area contributed by atoms with Gasteiger partial charge in [0.2, 0.25) is 0 Å². The third-order valence-corrected chi connectivity index (χ3v) is 7.16. The van der Waals surface area contributed by atoms with E-state index in [2.05, 4.69) is 46.1 Å². The Hall–Kier alpha value is -2.19. The first-order valence-electron chi connectivity index (χ1n) is 8.84. The molecule has 0 unspecified atom stereocenters. The minimum Gasteiger partial charge on any atom is -0.346 e. The molecule has 0 saturated carbocycles. The molecule has 1 fully saturated rings. The average Bonchev–Trinajstić information content (AvgIpc) is 3.27. The molecule has 1 aliphatic rings. The zero-order valence-electron chi connectivity index (χ0n) is 14.8. The molecule has 0 bridgehead atoms. The fraction of sp³-hybridized carbons (Fsp3) is 0.389. The summed E-state index contributed by atoms with van der Waals surface area (Å²) in [6.07, 6.45) is 1.11. The molecule has 0 radical (unpaired) electrons. The molecule has 6 nitrogen and oxygen atoms in total. The number of benzene rings is 1. The number of rotatable bonds is 2. The molecule has 3 aromatic heterocycles. The van der Waals surface area contributed by atoms with E-state index in [4.69, 9.17) is 9.97 Å². The van der Waals surface area contributed by atoms with Gasteiger partial charge in [-0.25, -0.2) is 14.6 Å². The lowest BCUT2D eigenvalue weighted by Crippen LogP contribution is -2.30. The van der Waals surface area contributed by atoms with E-state index in [0.29, 0.717) is 0 Å². The van der Waals surface area contributed by atoms with Crippen LogP contribution in [0.5, 0.6) is 0 Å². The summed E-state index contributed by atoms with van der Waals surface area (Å²) in [4.78, 5) is 14.5. The molecule has 8 heteroatoms. The Kier molecular flexibility index (Phi) is 3.82. The molecule has 0 aliphatic carbocycles. The number of fused-ring (bicyclic) bond motifs is 2. The Balaban J connectivity index is 1.38. The predicted octanol–water partition coefficient (Wildman–Crippen LogP) is 3.66. The fourth-order valence-electron chi connectivity index (χ4n) is 3.50. The second kappa shape index (κ2) is 6.21. The summed E-state index contributed by atoms with van der Waals surface area (Å²) in [5.74, 6) is 0. The predicted molar refractivity (Wildman–Crippen MR) is 110 cm³/mol. The van der Waals surface area contributed by atoms with Gasteiger partial charge in [0, 0.05) is 33.2 Å². The third kappa shape index (κ3) is 2.64. The van der Waals surface area contributed by atoms with Crippen molar-refractivity contribution in [3.63, 3.8) is 0 Å². The number of anilines is 2. The van der Waals surface area contributed by atoms with Crippen LogP contribution >= 0.6 is 22.7 Å². The SMILES string of the molecule is Cc1nn(C)c2nc(N3CCCN(c4nc5ccccc5s4)CC3)sc12. The highest BCUT2D eigenvalue weighted by molar-refractivity contribution is 7.22. The van der Waals surface area contributed by atoms with Gasteiger partial charge in [-0.15, -0.1) is 0 Å². The number of aryl methyl sites for hydroxylation is 2. The van der Waals surface area contributed by atoms with Crippen molar-refractivity contribution in [1.29, 1.82) is 0 Å². The summed E-state index contributed by atoms with van der Waals surface area (Å²) >= 11 is 3.55. The maximum atomic E-state index is 4.84. The van der Waals surface area contributed by atoms with Crippen molar-refractivity contribution in [2.45, 2.75) is 13.3 Å². The Morgan fingerprint density at radius 3 is 2.38 bits per heavy atom. The Labute approximate surface area is 159 Å². The highest BCUT2D eigenvalue weighted by Gasteiger charge is 2.21. The maximum absolute atomic E-state index is 4.84. The van der Waals surface area contributed by atoms with E-state index < -0.39 is 0 Å². The van der Waals surface area contributed by atoms with Crippen molar-refractivity contribution in [3.05, 3.63) is 30.0 Å². The van der Waals surface area contributed by atoms with Crippen molar-refractivity contribution in [1.82, 2.24) is 19.7 Å². The highest BCUT2D eigenvalue weighted by atomic mass is 32.1. The molecule has 26 heavy (non-hydrogen) atoms. The number of thiazole rings is 2. The van der Waals surface area contributed by atoms with Crippen molar-refractivity contribution >= 4 is 53.5 Å². The molecular weight excluding hydrogens is 364 g/mol. The van der Waals surface area contributed by atoms with Crippen LogP contribution < -0.4 is 9.80 Å². The van der Waals surface area contributed by atoms with Gasteiger partial charge in [-0.3, -0.25) is 0 Å². The van der Waals surface area contributed by atoms with Crippen molar-refractivity contribution in [2.24, 2.45) is 7.05 Å². The van der Waals surface area contributed by atoms with Crippen LogP contribution in [-0.4, -0.2) is 45.9 Å². The molecule has 1 aliphatic heterocycles. The van der Waals surface area contributed by atoms with E-state index in [0.717, 1.165) is 59.7 Å². The maximum Gasteiger partial charge on any atom is 0.188 e. The van der Waals surface area contributed by atoms with Gasteiger partial charge in [0.15, 0.2) is 15.9 Å². The van der Waals surface area contributed by atoms with E-state index >= 15 is 0 Å². The lowest BCUT2D eigenvalue weighted by Gasteiger charge is -2.20. The van der Waals surface area contributed by atoms with E-state index in [1.54, 1.807) is 22.7 Å². The molecule has 0 spiro atoms. The monoisotopic (exact) mass is 384 g/mol. The van der Waals surface area contributed by atoms with Gasteiger partial charge >= 0.3 is 0 Å². The van der Waals surface area contributed by atoms with Gasteiger partial charge in [-0.2, -0.15) is 5.10 Å².